The molecule has 0 saturated heterocycles. The van der Waals surface area contributed by atoms with E-state index < -0.39 is 0 Å². The van der Waals surface area contributed by atoms with Crippen molar-refractivity contribution >= 4 is 5.69 Å². The van der Waals surface area contributed by atoms with Gasteiger partial charge in [-0.05, 0) is 37.4 Å². The van der Waals surface area contributed by atoms with Gasteiger partial charge in [0.25, 0.3) is 5.69 Å². The number of nitro groups is 1. The molecular weight excluding hydrogens is 244 g/mol. The third kappa shape index (κ3) is 4.52. The standard InChI is InChI=1S/C14H22N2O3/c1-5-15-11(3)10(2)6-12-7-13(16(17)18)9-14(8-12)19-4/h7-11,15H,5-6H2,1-4H3. The Kier molecular flexibility index (Phi) is 5.76. The fourth-order valence-corrected chi connectivity index (χ4v) is 2.06. The lowest BCUT2D eigenvalue weighted by Crippen LogP contribution is -2.32. The summed E-state index contributed by atoms with van der Waals surface area (Å²) in [5.74, 6) is 0.930. The lowest BCUT2D eigenvalue weighted by Gasteiger charge is -2.20. The fourth-order valence-electron chi connectivity index (χ4n) is 2.06. The second-order valence-corrected chi connectivity index (χ2v) is 4.82. The Balaban J connectivity index is 2.88. The van der Waals surface area contributed by atoms with E-state index in [1.165, 1.54) is 13.2 Å². The van der Waals surface area contributed by atoms with E-state index in [0.29, 0.717) is 17.7 Å². The van der Waals surface area contributed by atoms with Crippen molar-refractivity contribution in [1.29, 1.82) is 0 Å². The molecule has 1 rings (SSSR count). The average Bonchev–Trinajstić information content (AvgIpc) is 2.38. The molecule has 1 N–H and O–H groups in total. The summed E-state index contributed by atoms with van der Waals surface area (Å²) in [4.78, 5) is 10.5. The number of methoxy groups -OCH3 is 1. The number of nitrogens with one attached hydrogen (secondary N) is 1. The van der Waals surface area contributed by atoms with Crippen LogP contribution in [0, 0.1) is 16.0 Å². The Hall–Kier alpha value is -1.62. The second-order valence-electron chi connectivity index (χ2n) is 4.82. The molecule has 0 radical (unpaired) electrons. The summed E-state index contributed by atoms with van der Waals surface area (Å²) in [5.41, 5.74) is 1.01. The first-order valence-corrected chi connectivity index (χ1v) is 6.53. The lowest BCUT2D eigenvalue weighted by atomic mass is 9.94. The number of nitro benzene ring substituents is 1. The van der Waals surface area contributed by atoms with Gasteiger partial charge in [0.2, 0.25) is 0 Å². The molecule has 0 fully saturated rings. The highest BCUT2D eigenvalue weighted by atomic mass is 16.6. The van der Waals surface area contributed by atoms with E-state index >= 15 is 0 Å². The van der Waals surface area contributed by atoms with Crippen molar-refractivity contribution in [2.45, 2.75) is 33.2 Å². The van der Waals surface area contributed by atoms with E-state index in [9.17, 15) is 10.1 Å². The number of rotatable bonds is 7. The van der Waals surface area contributed by atoms with Crippen LogP contribution in [0.1, 0.15) is 26.3 Å². The maximum Gasteiger partial charge on any atom is 0.273 e. The van der Waals surface area contributed by atoms with E-state index in [4.69, 9.17) is 4.74 Å². The Bertz CT molecular complexity index is 435. The summed E-state index contributed by atoms with van der Waals surface area (Å²) in [7, 11) is 1.52. The van der Waals surface area contributed by atoms with Crippen LogP contribution in [-0.2, 0) is 6.42 Å². The Morgan fingerprint density at radius 1 is 1.37 bits per heavy atom. The third-order valence-corrected chi connectivity index (χ3v) is 3.33. The quantitative estimate of drug-likeness (QED) is 0.609. The zero-order valence-corrected chi connectivity index (χ0v) is 12.0. The smallest absolute Gasteiger partial charge is 0.273 e. The Morgan fingerprint density at radius 2 is 2.05 bits per heavy atom. The maximum absolute atomic E-state index is 10.9. The first-order chi connectivity index (χ1) is 8.97. The van der Waals surface area contributed by atoms with Crippen LogP contribution in [0.2, 0.25) is 0 Å². The number of ether oxygens (including phenoxy) is 1. The van der Waals surface area contributed by atoms with Crippen molar-refractivity contribution in [1.82, 2.24) is 5.32 Å². The molecule has 0 heterocycles. The van der Waals surface area contributed by atoms with Gasteiger partial charge >= 0.3 is 0 Å². The molecule has 106 valence electrons. The molecule has 1 aromatic carbocycles. The number of non-ortho nitro benzene ring substituents is 1. The molecule has 0 aromatic heterocycles. The van der Waals surface area contributed by atoms with Crippen molar-refractivity contribution < 1.29 is 9.66 Å². The van der Waals surface area contributed by atoms with E-state index in [1.807, 2.05) is 6.07 Å². The molecule has 0 saturated carbocycles. The van der Waals surface area contributed by atoms with Gasteiger partial charge in [-0.15, -0.1) is 0 Å². The zero-order valence-electron chi connectivity index (χ0n) is 12.0. The Labute approximate surface area is 114 Å². The molecule has 19 heavy (non-hydrogen) atoms. The monoisotopic (exact) mass is 266 g/mol. The lowest BCUT2D eigenvalue weighted by molar-refractivity contribution is -0.385. The Morgan fingerprint density at radius 3 is 2.58 bits per heavy atom. The highest BCUT2D eigenvalue weighted by molar-refractivity contribution is 5.43. The predicted octanol–water partition coefficient (Wildman–Crippen LogP) is 2.78. The second kappa shape index (κ2) is 7.09. The SMILES string of the molecule is CCNC(C)C(C)Cc1cc(OC)cc([N+](=O)[O-])c1. The van der Waals surface area contributed by atoms with Gasteiger partial charge in [-0.1, -0.05) is 13.8 Å². The van der Waals surface area contributed by atoms with Crippen molar-refractivity contribution in [3.05, 3.63) is 33.9 Å². The van der Waals surface area contributed by atoms with E-state index in [1.54, 1.807) is 6.07 Å². The summed E-state index contributed by atoms with van der Waals surface area (Å²) < 4.78 is 5.12. The van der Waals surface area contributed by atoms with Crippen molar-refractivity contribution in [2.75, 3.05) is 13.7 Å². The van der Waals surface area contributed by atoms with Gasteiger partial charge in [0.15, 0.2) is 0 Å². The van der Waals surface area contributed by atoms with Crippen LogP contribution in [0.25, 0.3) is 0 Å². The van der Waals surface area contributed by atoms with Crippen molar-refractivity contribution in [2.24, 2.45) is 5.92 Å². The summed E-state index contributed by atoms with van der Waals surface area (Å²) in [6, 6.07) is 5.30. The van der Waals surface area contributed by atoms with Crippen LogP contribution >= 0.6 is 0 Å². The predicted molar refractivity (Wildman–Crippen MR) is 75.7 cm³/mol. The summed E-state index contributed by atoms with van der Waals surface area (Å²) in [5, 5.41) is 14.2. The molecule has 0 aliphatic carbocycles. The molecular formula is C14H22N2O3. The molecule has 5 heteroatoms. The zero-order chi connectivity index (χ0) is 14.4. The van der Waals surface area contributed by atoms with Crippen LogP contribution in [-0.4, -0.2) is 24.6 Å². The number of benzene rings is 1. The number of hydrogen-bond acceptors (Lipinski definition) is 4. The van der Waals surface area contributed by atoms with Crippen LogP contribution in [0.3, 0.4) is 0 Å². The molecule has 2 atom stereocenters. The third-order valence-electron chi connectivity index (χ3n) is 3.33. The van der Waals surface area contributed by atoms with Gasteiger partial charge in [-0.25, -0.2) is 0 Å². The van der Waals surface area contributed by atoms with Crippen LogP contribution < -0.4 is 10.1 Å². The van der Waals surface area contributed by atoms with E-state index in [-0.39, 0.29) is 10.6 Å². The van der Waals surface area contributed by atoms with Crippen LogP contribution in [0.5, 0.6) is 5.75 Å². The largest absolute Gasteiger partial charge is 0.496 e. The summed E-state index contributed by atoms with van der Waals surface area (Å²) >= 11 is 0. The average molecular weight is 266 g/mol. The highest BCUT2D eigenvalue weighted by Crippen LogP contribution is 2.24. The first-order valence-electron chi connectivity index (χ1n) is 6.53. The van der Waals surface area contributed by atoms with Crippen LogP contribution in [0.15, 0.2) is 18.2 Å². The van der Waals surface area contributed by atoms with Gasteiger partial charge in [-0.3, -0.25) is 10.1 Å². The minimum Gasteiger partial charge on any atom is -0.496 e. The molecule has 2 unspecified atom stereocenters. The summed E-state index contributed by atoms with van der Waals surface area (Å²) in [6.45, 7) is 7.25. The van der Waals surface area contributed by atoms with E-state index in [2.05, 4.69) is 26.1 Å². The van der Waals surface area contributed by atoms with Crippen LogP contribution in [0.4, 0.5) is 5.69 Å². The van der Waals surface area contributed by atoms with Crippen molar-refractivity contribution in [3.8, 4) is 5.75 Å². The summed E-state index contributed by atoms with van der Waals surface area (Å²) in [6.07, 6.45) is 0.784. The molecule has 0 spiro atoms. The molecule has 0 aliphatic heterocycles. The normalized spacial score (nSPS) is 13.9. The van der Waals surface area contributed by atoms with Gasteiger partial charge < -0.3 is 10.1 Å². The first kappa shape index (κ1) is 15.4. The molecule has 1 aromatic rings. The van der Waals surface area contributed by atoms with Gasteiger partial charge in [0, 0.05) is 12.1 Å². The minimum atomic E-state index is -0.385. The number of nitrogens with zero attached hydrogens (tertiary/aromatic N) is 1. The van der Waals surface area contributed by atoms with Gasteiger partial charge in [-0.2, -0.15) is 0 Å². The van der Waals surface area contributed by atoms with Crippen molar-refractivity contribution in [3.63, 3.8) is 0 Å². The molecule has 5 nitrogen and oxygen atoms in total. The molecule has 0 bridgehead atoms. The van der Waals surface area contributed by atoms with Gasteiger partial charge in [0.1, 0.15) is 5.75 Å². The minimum absolute atomic E-state index is 0.0812. The molecule has 0 amide bonds. The topological polar surface area (TPSA) is 64.4 Å². The maximum atomic E-state index is 10.9. The number of hydrogen-bond donors (Lipinski definition) is 1. The molecule has 0 aliphatic rings. The van der Waals surface area contributed by atoms with E-state index in [0.717, 1.165) is 18.5 Å². The fraction of sp³-hybridized carbons (Fsp3) is 0.571. The van der Waals surface area contributed by atoms with Gasteiger partial charge in [0.05, 0.1) is 18.1 Å². The highest BCUT2D eigenvalue weighted by Gasteiger charge is 2.15.